The van der Waals surface area contributed by atoms with Crippen LogP contribution >= 0.6 is 0 Å². The summed E-state index contributed by atoms with van der Waals surface area (Å²) in [6.45, 7) is 0. The summed E-state index contributed by atoms with van der Waals surface area (Å²) >= 11 is 0. The fraction of sp³-hybridized carbons (Fsp3) is 0. The van der Waals surface area contributed by atoms with Crippen LogP contribution in [0.1, 0.15) is 0 Å². The lowest BCUT2D eigenvalue weighted by Gasteiger charge is -2.31. The zero-order valence-electron chi connectivity index (χ0n) is 39.4. The largest absolute Gasteiger partial charge is 0.455 e. The van der Waals surface area contributed by atoms with Crippen molar-refractivity contribution in [2.45, 2.75) is 0 Å². The van der Waals surface area contributed by atoms with Crippen LogP contribution in [0, 0.1) is 0 Å². The molecule has 278 valence electrons. The summed E-state index contributed by atoms with van der Waals surface area (Å²) in [7, 11) is 35.4. The van der Waals surface area contributed by atoms with Gasteiger partial charge in [-0.1, -0.05) is 110 Å². The summed E-state index contributed by atoms with van der Waals surface area (Å²) in [5.41, 5.74) is 30.4. The van der Waals surface area contributed by atoms with E-state index in [1.807, 2.05) is 0 Å². The zero-order chi connectivity index (χ0) is 44.0. The molecule has 0 aliphatic heterocycles. The van der Waals surface area contributed by atoms with Crippen LogP contribution in [0.5, 0.6) is 0 Å². The molecule has 10 aromatic rings. The van der Waals surface area contributed by atoms with Crippen LogP contribution in [0.15, 0.2) is 83.3 Å². The molecule has 0 spiro atoms. The van der Waals surface area contributed by atoms with Crippen molar-refractivity contribution in [3.05, 3.63) is 78.9 Å². The minimum Gasteiger partial charge on any atom is -0.455 e. The predicted molar refractivity (Wildman–Crippen MR) is 323 cm³/mol. The van der Waals surface area contributed by atoms with Crippen LogP contribution in [-0.4, -0.2) is 118 Å². The first kappa shape index (κ1) is 40.8. The number of hydrogen-bond donors (Lipinski definition) is 0. The summed E-state index contributed by atoms with van der Waals surface area (Å²) in [6, 6.07) is 28.9. The van der Waals surface area contributed by atoms with Gasteiger partial charge in [0, 0.05) is 16.2 Å². The molecular weight excluding hydrogens is 731 g/mol. The highest BCUT2D eigenvalue weighted by Gasteiger charge is 2.29. The highest BCUT2D eigenvalue weighted by molar-refractivity contribution is 6.75. The summed E-state index contributed by atoms with van der Waals surface area (Å²) in [5, 5.41) is 13.0. The fourth-order valence-corrected chi connectivity index (χ4v) is 11.6. The van der Waals surface area contributed by atoms with Gasteiger partial charge in [0.1, 0.15) is 129 Å². The van der Waals surface area contributed by atoms with Gasteiger partial charge in [-0.3, -0.25) is 0 Å². The third-order valence-electron chi connectivity index (χ3n) is 16.3. The Morgan fingerprint density at radius 2 is 0.677 bits per heavy atom. The van der Waals surface area contributed by atoms with Gasteiger partial charge in [-0.25, -0.2) is 0 Å². The third kappa shape index (κ3) is 5.37. The van der Waals surface area contributed by atoms with Crippen molar-refractivity contribution in [3.8, 4) is 33.4 Å². The van der Waals surface area contributed by atoms with Gasteiger partial charge in [0.25, 0.3) is 0 Å². The van der Waals surface area contributed by atoms with Crippen molar-refractivity contribution in [1.29, 1.82) is 0 Å². The van der Waals surface area contributed by atoms with Gasteiger partial charge in [0.05, 0.1) is 0 Å². The molecule has 0 amide bonds. The molecule has 0 bridgehead atoms. The summed E-state index contributed by atoms with van der Waals surface area (Å²) in [5.74, 6) is 0. The van der Waals surface area contributed by atoms with E-state index in [1.54, 1.807) is 0 Å². The zero-order valence-corrected chi connectivity index (χ0v) is 39.4. The smallest absolute Gasteiger partial charge is 0.143 e. The van der Waals surface area contributed by atoms with Crippen molar-refractivity contribution in [2.24, 2.45) is 0 Å². The minimum absolute atomic E-state index is 0.916. The Morgan fingerprint density at radius 1 is 0.258 bits per heavy atom. The van der Waals surface area contributed by atoms with Gasteiger partial charge in [0.2, 0.25) is 0 Å². The standard InChI is InChI=1S/C46H43B15O/c47-31-24-22(18-9-4-3-8-16(18)17-10-5-11-20-21(17)19-13-12-14-6-1-2-7-15(14)46(19)62-20)25-27(35(51)43(59)41(57)32(25)48)23(26(24)34(50)42(58)40(31)56)28-29-30(37(53)39(55)33(28)49)38(54)45(61)44(60)36(29)52/h1-13H,47-61H2. The molecule has 1 aromatic heterocycles. The first-order valence-electron chi connectivity index (χ1n) is 22.5. The van der Waals surface area contributed by atoms with Crippen LogP contribution in [0.3, 0.4) is 0 Å². The molecule has 0 unspecified atom stereocenters. The summed E-state index contributed by atoms with van der Waals surface area (Å²) in [4.78, 5) is 0. The molecule has 0 N–H and O–H groups in total. The topological polar surface area (TPSA) is 13.1 Å². The molecule has 0 aliphatic carbocycles. The van der Waals surface area contributed by atoms with Crippen molar-refractivity contribution >= 4 is 265 Å². The second-order valence-corrected chi connectivity index (χ2v) is 18.7. The fourth-order valence-electron chi connectivity index (χ4n) is 11.6. The maximum atomic E-state index is 6.80. The quantitative estimate of drug-likeness (QED) is 0.129. The normalized spacial score (nSPS) is 11.9. The molecule has 0 fully saturated rings. The molecule has 16 heteroatoms. The molecule has 10 rings (SSSR count). The number of hydrogen-bond acceptors (Lipinski definition) is 1. The van der Waals surface area contributed by atoms with E-state index in [-0.39, 0.29) is 0 Å². The first-order valence-corrected chi connectivity index (χ1v) is 22.5. The van der Waals surface area contributed by atoms with Crippen LogP contribution in [0.4, 0.5) is 0 Å². The number of rotatable bonds is 3. The monoisotopic (exact) mass is 776 g/mol. The highest BCUT2D eigenvalue weighted by Crippen LogP contribution is 2.46. The molecular formula is C46H43B15O. The number of benzene rings is 9. The van der Waals surface area contributed by atoms with Gasteiger partial charge >= 0.3 is 0 Å². The van der Waals surface area contributed by atoms with Crippen LogP contribution in [0.2, 0.25) is 0 Å². The number of fused-ring (bicyclic) bond motifs is 8. The molecule has 0 saturated heterocycles. The first-order chi connectivity index (χ1) is 29.6. The maximum absolute atomic E-state index is 6.80. The van der Waals surface area contributed by atoms with E-state index < -0.39 is 0 Å². The number of furan rings is 1. The Labute approximate surface area is 379 Å². The SMILES string of the molecule is Bc1c(B)c(B)c2c(-c3c4c(B)c(B)c(B)c(B)c4c(-c4ccccc4-c4cccc5oc6c7ccccc7ccc6c45)c4c(B)c(B)c(B)c(B)c34)c(B)c(B)c(B)c2c1B. The van der Waals surface area contributed by atoms with Crippen LogP contribution in [-0.2, 0) is 0 Å². The van der Waals surface area contributed by atoms with Crippen LogP contribution in [0.25, 0.3) is 98.4 Å². The Bertz CT molecular complexity index is 3620. The maximum Gasteiger partial charge on any atom is 0.143 e. The van der Waals surface area contributed by atoms with E-state index in [4.69, 9.17) is 4.42 Å². The lowest BCUT2D eigenvalue weighted by atomic mass is 9.56. The minimum atomic E-state index is 0.916. The second kappa shape index (κ2) is 14.4. The Balaban J connectivity index is 1.48. The lowest BCUT2D eigenvalue weighted by Crippen LogP contribution is -2.53. The molecule has 9 aromatic carbocycles. The molecule has 1 heterocycles. The molecule has 0 radical (unpaired) electrons. The van der Waals surface area contributed by atoms with Crippen molar-refractivity contribution in [3.63, 3.8) is 0 Å². The average Bonchev–Trinajstić information content (AvgIpc) is 3.68. The average molecular weight is 774 g/mol. The van der Waals surface area contributed by atoms with Crippen molar-refractivity contribution < 1.29 is 4.42 Å². The van der Waals surface area contributed by atoms with Gasteiger partial charge < -0.3 is 4.42 Å². The van der Waals surface area contributed by atoms with E-state index >= 15 is 0 Å². The molecule has 0 saturated carbocycles. The molecule has 0 atom stereocenters. The molecule has 0 aliphatic rings. The Morgan fingerprint density at radius 3 is 1.23 bits per heavy atom. The molecule has 1 nitrogen and oxygen atoms in total. The van der Waals surface area contributed by atoms with Gasteiger partial charge in [-0.15, -0.1) is 38.2 Å². The van der Waals surface area contributed by atoms with Gasteiger partial charge in [-0.05, 0) is 83.2 Å². The highest BCUT2D eigenvalue weighted by atomic mass is 16.3. The van der Waals surface area contributed by atoms with E-state index in [0.29, 0.717) is 0 Å². The summed E-state index contributed by atoms with van der Waals surface area (Å²) < 4.78 is 6.80. The van der Waals surface area contributed by atoms with E-state index in [0.717, 1.165) is 21.9 Å². The van der Waals surface area contributed by atoms with E-state index in [1.165, 1.54) is 158 Å². The second-order valence-electron chi connectivity index (χ2n) is 18.7. The Kier molecular flexibility index (Phi) is 9.50. The van der Waals surface area contributed by atoms with Crippen molar-refractivity contribution in [1.82, 2.24) is 0 Å². The third-order valence-corrected chi connectivity index (χ3v) is 16.3. The van der Waals surface area contributed by atoms with E-state index in [9.17, 15) is 0 Å². The van der Waals surface area contributed by atoms with Gasteiger partial charge in [-0.2, -0.15) is 0 Å². The van der Waals surface area contributed by atoms with Crippen LogP contribution < -0.4 is 81.9 Å². The van der Waals surface area contributed by atoms with Crippen molar-refractivity contribution in [2.75, 3.05) is 0 Å². The van der Waals surface area contributed by atoms with E-state index in [2.05, 4.69) is 197 Å². The molecule has 62 heavy (non-hydrogen) atoms. The summed E-state index contributed by atoms with van der Waals surface area (Å²) in [6.07, 6.45) is 0. The predicted octanol–water partition coefficient (Wildman–Crippen LogP) is -12.9. The van der Waals surface area contributed by atoms with Gasteiger partial charge in [0.15, 0.2) is 0 Å². The Hall–Kier alpha value is -5.21. The lowest BCUT2D eigenvalue weighted by molar-refractivity contribution is 0.673.